The zero-order valence-electron chi connectivity index (χ0n) is 6.58. The zero-order valence-corrected chi connectivity index (χ0v) is 8.09. The lowest BCUT2D eigenvalue weighted by atomic mass is 10.1. The number of unbranched alkanes of at least 4 members (excludes halogenated alkanes) is 2. The second kappa shape index (κ2) is 7.68. The van der Waals surface area contributed by atoms with E-state index in [4.69, 9.17) is 23.2 Å². The van der Waals surface area contributed by atoms with E-state index in [1.807, 2.05) is 0 Å². The molecular formula is C8H16Cl2. The van der Waals surface area contributed by atoms with E-state index in [9.17, 15) is 0 Å². The largest absolute Gasteiger partial charge is 0.127 e. The second-order valence-corrected chi connectivity index (χ2v) is 3.48. The van der Waals surface area contributed by atoms with Crippen LogP contribution in [0.3, 0.4) is 0 Å². The first kappa shape index (κ1) is 10.6. The van der Waals surface area contributed by atoms with Crippen molar-refractivity contribution in [1.82, 2.24) is 0 Å². The second-order valence-electron chi connectivity index (χ2n) is 2.80. The van der Waals surface area contributed by atoms with Crippen LogP contribution in [-0.4, -0.2) is 11.8 Å². The summed E-state index contributed by atoms with van der Waals surface area (Å²) in [6, 6.07) is 0. The summed E-state index contributed by atoms with van der Waals surface area (Å²) in [6.45, 7) is 2.19. The van der Waals surface area contributed by atoms with Crippen LogP contribution in [-0.2, 0) is 0 Å². The Kier molecular flexibility index (Phi) is 8.13. The van der Waals surface area contributed by atoms with Crippen LogP contribution in [0.5, 0.6) is 0 Å². The molecule has 0 aromatic rings. The standard InChI is InChI=1S/C8H16Cl2/c1-8(7-10)5-3-2-4-6-9/h8H,2-7H2,1H3. The lowest BCUT2D eigenvalue weighted by Crippen LogP contribution is -1.95. The summed E-state index contributed by atoms with van der Waals surface area (Å²) in [7, 11) is 0. The fourth-order valence-corrected chi connectivity index (χ4v) is 1.18. The van der Waals surface area contributed by atoms with E-state index in [-0.39, 0.29) is 0 Å². The van der Waals surface area contributed by atoms with Crippen molar-refractivity contribution >= 4 is 23.2 Å². The molecule has 0 aromatic carbocycles. The van der Waals surface area contributed by atoms with Gasteiger partial charge >= 0.3 is 0 Å². The van der Waals surface area contributed by atoms with Crippen molar-refractivity contribution in [2.24, 2.45) is 5.92 Å². The summed E-state index contributed by atoms with van der Waals surface area (Å²) in [5.74, 6) is 2.27. The lowest BCUT2D eigenvalue weighted by molar-refractivity contribution is 0.540. The third-order valence-electron chi connectivity index (χ3n) is 1.59. The highest BCUT2D eigenvalue weighted by molar-refractivity contribution is 6.18. The average molecular weight is 183 g/mol. The molecule has 2 heteroatoms. The fourth-order valence-electron chi connectivity index (χ4n) is 0.841. The number of hydrogen-bond donors (Lipinski definition) is 0. The summed E-state index contributed by atoms with van der Waals surface area (Å²) in [5.41, 5.74) is 0. The highest BCUT2D eigenvalue weighted by Gasteiger charge is 1.97. The Bertz CT molecular complexity index is 64.3. The molecule has 0 saturated heterocycles. The van der Waals surface area contributed by atoms with Gasteiger partial charge in [-0.1, -0.05) is 19.8 Å². The highest BCUT2D eigenvalue weighted by Crippen LogP contribution is 2.10. The summed E-state index contributed by atoms with van der Waals surface area (Å²) >= 11 is 11.2. The molecule has 62 valence electrons. The van der Waals surface area contributed by atoms with Gasteiger partial charge in [-0.05, 0) is 18.8 Å². The number of rotatable bonds is 6. The van der Waals surface area contributed by atoms with E-state index in [2.05, 4.69) is 6.92 Å². The predicted octanol–water partition coefficient (Wildman–Crippen LogP) is 3.66. The van der Waals surface area contributed by atoms with Gasteiger partial charge < -0.3 is 0 Å². The molecular weight excluding hydrogens is 167 g/mol. The van der Waals surface area contributed by atoms with E-state index in [0.29, 0.717) is 5.92 Å². The fraction of sp³-hybridized carbons (Fsp3) is 1.00. The number of alkyl halides is 2. The molecule has 0 aliphatic carbocycles. The summed E-state index contributed by atoms with van der Waals surface area (Å²) in [6.07, 6.45) is 4.93. The summed E-state index contributed by atoms with van der Waals surface area (Å²) in [4.78, 5) is 0. The molecule has 0 aliphatic heterocycles. The topological polar surface area (TPSA) is 0 Å². The van der Waals surface area contributed by atoms with Gasteiger partial charge in [-0.2, -0.15) is 0 Å². The Morgan fingerprint density at radius 1 is 1.10 bits per heavy atom. The van der Waals surface area contributed by atoms with Gasteiger partial charge in [0.1, 0.15) is 0 Å². The lowest BCUT2D eigenvalue weighted by Gasteiger charge is -2.04. The van der Waals surface area contributed by atoms with Gasteiger partial charge in [-0.3, -0.25) is 0 Å². The van der Waals surface area contributed by atoms with Crippen LogP contribution in [0, 0.1) is 5.92 Å². The smallest absolute Gasteiger partial charge is 0.0249 e. The van der Waals surface area contributed by atoms with Gasteiger partial charge in [0.2, 0.25) is 0 Å². The first-order valence-corrected chi connectivity index (χ1v) is 5.00. The molecule has 0 radical (unpaired) electrons. The highest BCUT2D eigenvalue weighted by atomic mass is 35.5. The van der Waals surface area contributed by atoms with Crippen molar-refractivity contribution in [3.05, 3.63) is 0 Å². The first-order valence-electron chi connectivity index (χ1n) is 3.93. The average Bonchev–Trinajstić information content (AvgIpc) is 1.98. The van der Waals surface area contributed by atoms with Gasteiger partial charge in [-0.15, -0.1) is 23.2 Å². The zero-order chi connectivity index (χ0) is 7.82. The minimum Gasteiger partial charge on any atom is -0.127 e. The molecule has 1 atom stereocenters. The molecule has 1 unspecified atom stereocenters. The predicted molar refractivity (Wildman–Crippen MR) is 49.1 cm³/mol. The molecule has 10 heavy (non-hydrogen) atoms. The molecule has 0 rings (SSSR count). The monoisotopic (exact) mass is 182 g/mol. The van der Waals surface area contributed by atoms with Crippen LogP contribution in [0.1, 0.15) is 32.6 Å². The molecule has 0 saturated carbocycles. The van der Waals surface area contributed by atoms with Crippen LogP contribution in [0.4, 0.5) is 0 Å². The van der Waals surface area contributed by atoms with Crippen LogP contribution in [0.25, 0.3) is 0 Å². The quantitative estimate of drug-likeness (QED) is 0.435. The van der Waals surface area contributed by atoms with Crippen molar-refractivity contribution in [2.45, 2.75) is 32.6 Å². The molecule has 0 spiro atoms. The van der Waals surface area contributed by atoms with Crippen LogP contribution >= 0.6 is 23.2 Å². The maximum Gasteiger partial charge on any atom is 0.0249 e. The molecule has 0 N–H and O–H groups in total. The summed E-state index contributed by atoms with van der Waals surface area (Å²) < 4.78 is 0. The molecule has 0 bridgehead atoms. The van der Waals surface area contributed by atoms with Crippen molar-refractivity contribution in [2.75, 3.05) is 11.8 Å². The van der Waals surface area contributed by atoms with Crippen molar-refractivity contribution in [1.29, 1.82) is 0 Å². The Morgan fingerprint density at radius 2 is 1.80 bits per heavy atom. The Morgan fingerprint density at radius 3 is 2.30 bits per heavy atom. The minimum atomic E-state index is 0.678. The molecule has 0 aromatic heterocycles. The Hall–Kier alpha value is 0.580. The maximum absolute atomic E-state index is 5.64. The third kappa shape index (κ3) is 6.70. The molecule has 0 heterocycles. The maximum atomic E-state index is 5.64. The van der Waals surface area contributed by atoms with Gasteiger partial charge in [0, 0.05) is 11.8 Å². The van der Waals surface area contributed by atoms with E-state index in [1.165, 1.54) is 19.3 Å². The Balaban J connectivity index is 2.89. The van der Waals surface area contributed by atoms with Crippen LogP contribution in [0.15, 0.2) is 0 Å². The van der Waals surface area contributed by atoms with Gasteiger partial charge in [0.25, 0.3) is 0 Å². The molecule has 0 nitrogen and oxygen atoms in total. The van der Waals surface area contributed by atoms with Crippen molar-refractivity contribution < 1.29 is 0 Å². The third-order valence-corrected chi connectivity index (χ3v) is 2.39. The van der Waals surface area contributed by atoms with E-state index < -0.39 is 0 Å². The Labute approximate surface area is 73.9 Å². The number of hydrogen-bond acceptors (Lipinski definition) is 0. The van der Waals surface area contributed by atoms with E-state index in [0.717, 1.165) is 18.2 Å². The van der Waals surface area contributed by atoms with Crippen LogP contribution in [0.2, 0.25) is 0 Å². The van der Waals surface area contributed by atoms with Crippen LogP contribution < -0.4 is 0 Å². The van der Waals surface area contributed by atoms with Crippen molar-refractivity contribution in [3.8, 4) is 0 Å². The normalized spacial score (nSPS) is 13.5. The SMILES string of the molecule is CC(CCl)CCCCCCl. The summed E-state index contributed by atoms with van der Waals surface area (Å²) in [5, 5.41) is 0. The molecule has 0 aliphatic rings. The molecule has 0 amide bonds. The van der Waals surface area contributed by atoms with Gasteiger partial charge in [0.05, 0.1) is 0 Å². The van der Waals surface area contributed by atoms with E-state index in [1.54, 1.807) is 0 Å². The van der Waals surface area contributed by atoms with Gasteiger partial charge in [0.15, 0.2) is 0 Å². The van der Waals surface area contributed by atoms with Gasteiger partial charge in [-0.25, -0.2) is 0 Å². The molecule has 0 fully saturated rings. The van der Waals surface area contributed by atoms with E-state index >= 15 is 0 Å². The number of halogens is 2. The van der Waals surface area contributed by atoms with Crippen molar-refractivity contribution in [3.63, 3.8) is 0 Å². The minimum absolute atomic E-state index is 0.678. The first-order chi connectivity index (χ1) is 4.81.